The summed E-state index contributed by atoms with van der Waals surface area (Å²) in [6.45, 7) is 3.20. The van der Waals surface area contributed by atoms with E-state index in [1.807, 2.05) is 6.92 Å². The van der Waals surface area contributed by atoms with E-state index in [4.69, 9.17) is 14.2 Å². The van der Waals surface area contributed by atoms with Gasteiger partial charge in [0.2, 0.25) is 0 Å². The molecule has 0 aliphatic carbocycles. The van der Waals surface area contributed by atoms with Crippen LogP contribution in [0.3, 0.4) is 0 Å². The molecule has 2 amide bonds. The fraction of sp³-hybridized carbons (Fsp3) is 0.346. The van der Waals surface area contributed by atoms with Crippen molar-refractivity contribution in [2.24, 2.45) is 0 Å². The number of likely N-dealkylation sites (tertiary alicyclic amines) is 1. The van der Waals surface area contributed by atoms with Crippen molar-refractivity contribution >= 4 is 29.0 Å². The van der Waals surface area contributed by atoms with Crippen LogP contribution in [0, 0.1) is 0 Å². The van der Waals surface area contributed by atoms with Crippen molar-refractivity contribution < 1.29 is 33.7 Å². The van der Waals surface area contributed by atoms with Crippen LogP contribution in [-0.2, 0) is 24.7 Å². The zero-order valence-electron chi connectivity index (χ0n) is 19.6. The monoisotopic (exact) mass is 478 g/mol. The van der Waals surface area contributed by atoms with Crippen LogP contribution in [0.4, 0.5) is 5.69 Å². The van der Waals surface area contributed by atoms with Gasteiger partial charge < -0.3 is 29.1 Å². The molecule has 9 nitrogen and oxygen atoms in total. The minimum atomic E-state index is -1.80. The summed E-state index contributed by atoms with van der Waals surface area (Å²) < 4.78 is 16.4. The van der Waals surface area contributed by atoms with Crippen molar-refractivity contribution in [3.8, 4) is 11.5 Å². The Kier molecular flexibility index (Phi) is 5.72. The lowest BCUT2D eigenvalue weighted by atomic mass is 9.82. The molecule has 0 radical (unpaired) electrons. The second kappa shape index (κ2) is 8.74. The minimum absolute atomic E-state index is 0.000961. The molecule has 0 aromatic heterocycles. The molecule has 2 aromatic carbocycles. The number of carbonyl (C=O) groups is 3. The first-order valence-corrected chi connectivity index (χ1v) is 11.6. The van der Waals surface area contributed by atoms with Crippen LogP contribution in [0.2, 0.25) is 0 Å². The minimum Gasteiger partial charge on any atom is -0.507 e. The summed E-state index contributed by atoms with van der Waals surface area (Å²) in [4.78, 5) is 43.8. The molecule has 1 fully saturated rings. The molecule has 3 heterocycles. The predicted molar refractivity (Wildman–Crippen MR) is 126 cm³/mol. The van der Waals surface area contributed by atoms with Gasteiger partial charge in [0.1, 0.15) is 19.0 Å². The largest absolute Gasteiger partial charge is 0.507 e. The number of hydrogen-bond donors (Lipinski definition) is 1. The number of aliphatic hydroxyl groups is 1. The van der Waals surface area contributed by atoms with Gasteiger partial charge in [-0.25, -0.2) is 0 Å². The Labute approximate surface area is 202 Å². The molecule has 1 spiro atoms. The van der Waals surface area contributed by atoms with Crippen molar-refractivity contribution in [3.63, 3.8) is 0 Å². The fourth-order valence-electron chi connectivity index (χ4n) is 5.13. The number of carbonyl (C=O) groups excluding carboxylic acids is 3. The number of fused-ring (bicyclic) bond motifs is 3. The first kappa shape index (κ1) is 22.9. The van der Waals surface area contributed by atoms with E-state index < -0.39 is 28.9 Å². The molecule has 3 aliphatic rings. The number of para-hydroxylation sites is 1. The van der Waals surface area contributed by atoms with Gasteiger partial charge in [0.15, 0.2) is 17.0 Å². The smallest absolute Gasteiger partial charge is 0.296 e. The lowest BCUT2D eigenvalue weighted by Crippen LogP contribution is -2.52. The van der Waals surface area contributed by atoms with Gasteiger partial charge in [-0.2, -0.15) is 0 Å². The standard InChI is InChI=1S/C26H26N2O7/c1-3-10-27-18-7-5-4-6-17(18)26(25(27)32)21(23(30)24(31)28(26)11-12-33-2)22(29)16-8-9-19-20(15-16)35-14-13-34-19/h4-9,15,29H,3,10-14H2,1-2H3/t26-/m0/s1. The maximum Gasteiger partial charge on any atom is 0.296 e. The molecule has 9 heteroatoms. The summed E-state index contributed by atoms with van der Waals surface area (Å²) in [5, 5.41) is 11.5. The number of rotatable bonds is 6. The summed E-state index contributed by atoms with van der Waals surface area (Å²) >= 11 is 0. The summed E-state index contributed by atoms with van der Waals surface area (Å²) in [7, 11) is 1.48. The van der Waals surface area contributed by atoms with E-state index in [9.17, 15) is 19.5 Å². The molecule has 5 rings (SSSR count). The van der Waals surface area contributed by atoms with E-state index in [1.165, 1.54) is 12.0 Å². The van der Waals surface area contributed by atoms with Gasteiger partial charge in [-0.3, -0.25) is 14.4 Å². The van der Waals surface area contributed by atoms with Crippen molar-refractivity contribution in [2.45, 2.75) is 18.9 Å². The third-order valence-electron chi connectivity index (χ3n) is 6.59. The van der Waals surface area contributed by atoms with Crippen LogP contribution in [0.25, 0.3) is 5.76 Å². The van der Waals surface area contributed by atoms with E-state index in [0.29, 0.717) is 48.9 Å². The third-order valence-corrected chi connectivity index (χ3v) is 6.59. The van der Waals surface area contributed by atoms with Crippen LogP contribution in [0.5, 0.6) is 11.5 Å². The van der Waals surface area contributed by atoms with E-state index in [0.717, 1.165) is 0 Å². The highest BCUT2D eigenvalue weighted by molar-refractivity contribution is 6.50. The van der Waals surface area contributed by atoms with Gasteiger partial charge in [0.05, 0.1) is 17.9 Å². The van der Waals surface area contributed by atoms with Crippen LogP contribution in [-0.4, -0.2) is 67.6 Å². The Balaban J connectivity index is 1.78. The Morgan fingerprint density at radius 1 is 1.06 bits per heavy atom. The highest BCUT2D eigenvalue weighted by Gasteiger charge is 2.66. The first-order valence-electron chi connectivity index (χ1n) is 11.6. The zero-order valence-corrected chi connectivity index (χ0v) is 19.6. The molecule has 1 saturated heterocycles. The lowest BCUT2D eigenvalue weighted by molar-refractivity contribution is -0.144. The first-order chi connectivity index (χ1) is 17.0. The summed E-state index contributed by atoms with van der Waals surface area (Å²) in [6.07, 6.45) is 0.670. The van der Waals surface area contributed by atoms with Gasteiger partial charge in [-0.15, -0.1) is 0 Å². The van der Waals surface area contributed by atoms with Crippen LogP contribution in [0.1, 0.15) is 24.5 Å². The number of amides is 2. The van der Waals surface area contributed by atoms with Crippen molar-refractivity contribution in [3.05, 3.63) is 59.2 Å². The molecule has 1 N–H and O–H groups in total. The summed E-state index contributed by atoms with van der Waals surface area (Å²) in [5.41, 5.74) is -0.719. The maximum atomic E-state index is 14.2. The molecular weight excluding hydrogens is 452 g/mol. The number of aliphatic hydroxyl groups excluding tert-OH is 1. The highest BCUT2D eigenvalue weighted by Crippen LogP contribution is 2.53. The molecule has 0 unspecified atom stereocenters. The molecule has 35 heavy (non-hydrogen) atoms. The molecular formula is C26H26N2O7. The fourth-order valence-corrected chi connectivity index (χ4v) is 5.13. The van der Waals surface area contributed by atoms with Crippen molar-refractivity contribution in [1.82, 2.24) is 4.90 Å². The van der Waals surface area contributed by atoms with E-state index in [2.05, 4.69) is 0 Å². The number of hydrogen-bond acceptors (Lipinski definition) is 7. The summed E-state index contributed by atoms with van der Waals surface area (Å²) in [6, 6.07) is 11.8. The number of nitrogens with zero attached hydrogens (tertiary/aromatic N) is 2. The maximum absolute atomic E-state index is 14.2. The highest BCUT2D eigenvalue weighted by atomic mass is 16.6. The lowest BCUT2D eigenvalue weighted by Gasteiger charge is -2.34. The molecule has 0 saturated carbocycles. The van der Waals surface area contributed by atoms with Gasteiger partial charge in [-0.1, -0.05) is 25.1 Å². The number of ketones is 1. The Morgan fingerprint density at radius 2 is 1.80 bits per heavy atom. The number of ether oxygens (including phenoxy) is 3. The molecule has 2 aromatic rings. The van der Waals surface area contributed by atoms with Crippen LogP contribution in [0.15, 0.2) is 48.0 Å². The van der Waals surface area contributed by atoms with Crippen LogP contribution >= 0.6 is 0 Å². The number of methoxy groups -OCH3 is 1. The van der Waals surface area contributed by atoms with Crippen molar-refractivity contribution in [1.29, 1.82) is 0 Å². The average molecular weight is 479 g/mol. The van der Waals surface area contributed by atoms with Gasteiger partial charge >= 0.3 is 0 Å². The van der Waals surface area contributed by atoms with Crippen molar-refractivity contribution in [2.75, 3.05) is 44.9 Å². The normalized spacial score (nSPS) is 22.3. The number of anilines is 1. The Hall–Kier alpha value is -3.85. The quantitative estimate of drug-likeness (QED) is 0.386. The number of benzene rings is 2. The van der Waals surface area contributed by atoms with Gasteiger partial charge in [0.25, 0.3) is 17.6 Å². The second-order valence-electron chi connectivity index (χ2n) is 8.55. The van der Waals surface area contributed by atoms with E-state index in [1.54, 1.807) is 47.4 Å². The second-order valence-corrected chi connectivity index (χ2v) is 8.55. The number of Topliss-reactive ketones (excluding diaryl/α,β-unsaturated/α-hetero) is 1. The molecule has 182 valence electrons. The molecule has 1 atom stereocenters. The van der Waals surface area contributed by atoms with Gasteiger partial charge in [0, 0.05) is 31.3 Å². The topological polar surface area (TPSA) is 106 Å². The SMILES string of the molecule is CCCN1C(=O)[C@@]2(C(=C(O)c3ccc4c(c3)OCCO4)C(=O)C(=O)N2CCOC)c2ccccc21. The molecule has 3 aliphatic heterocycles. The van der Waals surface area contributed by atoms with E-state index in [-0.39, 0.29) is 24.3 Å². The van der Waals surface area contributed by atoms with E-state index >= 15 is 0 Å². The van der Waals surface area contributed by atoms with Crippen LogP contribution < -0.4 is 14.4 Å². The van der Waals surface area contributed by atoms with Gasteiger partial charge in [-0.05, 0) is 30.7 Å². The molecule has 0 bridgehead atoms. The Bertz CT molecular complexity index is 1250. The Morgan fingerprint density at radius 3 is 2.54 bits per heavy atom. The zero-order chi connectivity index (χ0) is 24.7. The third kappa shape index (κ3) is 3.22. The predicted octanol–water partition coefficient (Wildman–Crippen LogP) is 2.44. The average Bonchev–Trinajstić information content (AvgIpc) is 3.25. The summed E-state index contributed by atoms with van der Waals surface area (Å²) in [5.74, 6) is -1.75.